The number of anilines is 2. The first-order chi connectivity index (χ1) is 8.61. The Labute approximate surface area is 108 Å². The molecule has 1 aliphatic rings. The van der Waals surface area contributed by atoms with Crippen molar-refractivity contribution in [2.45, 2.75) is 19.8 Å². The van der Waals surface area contributed by atoms with Crippen LogP contribution in [0.25, 0.3) is 0 Å². The van der Waals surface area contributed by atoms with E-state index in [0.29, 0.717) is 0 Å². The molecule has 4 nitrogen and oxygen atoms in total. The molecular weight excluding hydrogens is 228 g/mol. The lowest BCUT2D eigenvalue weighted by atomic mass is 10.1. The SMILES string of the molecule is CCc1ccc2c(c1)N(C)CCCN2CC(=O)O. The van der Waals surface area contributed by atoms with E-state index in [1.54, 1.807) is 0 Å². The van der Waals surface area contributed by atoms with Crippen molar-refractivity contribution >= 4 is 17.3 Å². The van der Waals surface area contributed by atoms with E-state index in [1.807, 2.05) is 4.90 Å². The predicted molar refractivity (Wildman–Crippen MR) is 73.6 cm³/mol. The lowest BCUT2D eigenvalue weighted by Gasteiger charge is -2.25. The lowest BCUT2D eigenvalue weighted by Crippen LogP contribution is -2.30. The fourth-order valence-corrected chi connectivity index (χ4v) is 2.43. The van der Waals surface area contributed by atoms with Gasteiger partial charge in [0.25, 0.3) is 0 Å². The smallest absolute Gasteiger partial charge is 0.323 e. The third kappa shape index (κ3) is 2.58. The topological polar surface area (TPSA) is 43.8 Å². The molecule has 0 radical (unpaired) electrons. The molecule has 0 spiro atoms. The first-order valence-electron chi connectivity index (χ1n) is 6.42. The van der Waals surface area contributed by atoms with E-state index >= 15 is 0 Å². The van der Waals surface area contributed by atoms with Crippen LogP contribution in [-0.2, 0) is 11.2 Å². The van der Waals surface area contributed by atoms with Gasteiger partial charge >= 0.3 is 5.97 Å². The lowest BCUT2D eigenvalue weighted by molar-refractivity contribution is -0.135. The summed E-state index contributed by atoms with van der Waals surface area (Å²) in [6.07, 6.45) is 1.99. The average Bonchev–Trinajstić information content (AvgIpc) is 2.49. The summed E-state index contributed by atoms with van der Waals surface area (Å²) in [6, 6.07) is 6.32. The summed E-state index contributed by atoms with van der Waals surface area (Å²) < 4.78 is 0. The van der Waals surface area contributed by atoms with Crippen LogP contribution in [-0.4, -0.2) is 37.8 Å². The number of hydrogen-bond donors (Lipinski definition) is 1. The van der Waals surface area contributed by atoms with Crippen molar-refractivity contribution in [3.8, 4) is 0 Å². The number of carbonyl (C=O) groups is 1. The highest BCUT2D eigenvalue weighted by Gasteiger charge is 2.20. The summed E-state index contributed by atoms with van der Waals surface area (Å²) in [4.78, 5) is 15.1. The van der Waals surface area contributed by atoms with Crippen molar-refractivity contribution in [3.05, 3.63) is 23.8 Å². The van der Waals surface area contributed by atoms with Crippen LogP contribution in [0.2, 0.25) is 0 Å². The maximum Gasteiger partial charge on any atom is 0.323 e. The van der Waals surface area contributed by atoms with Crippen LogP contribution in [0.1, 0.15) is 18.9 Å². The van der Waals surface area contributed by atoms with Crippen molar-refractivity contribution in [1.82, 2.24) is 0 Å². The maximum atomic E-state index is 10.9. The first-order valence-corrected chi connectivity index (χ1v) is 6.42. The summed E-state index contributed by atoms with van der Waals surface area (Å²) in [7, 11) is 2.07. The molecule has 0 aromatic heterocycles. The van der Waals surface area contributed by atoms with Gasteiger partial charge in [-0.05, 0) is 30.5 Å². The zero-order chi connectivity index (χ0) is 13.1. The Hall–Kier alpha value is -1.71. The molecule has 1 N–H and O–H groups in total. The number of benzene rings is 1. The van der Waals surface area contributed by atoms with Gasteiger partial charge in [0.15, 0.2) is 0 Å². The van der Waals surface area contributed by atoms with Gasteiger partial charge in [-0.25, -0.2) is 0 Å². The number of nitrogens with zero attached hydrogens (tertiary/aromatic N) is 2. The van der Waals surface area contributed by atoms with Crippen LogP contribution >= 0.6 is 0 Å². The highest BCUT2D eigenvalue weighted by molar-refractivity contribution is 5.79. The average molecular weight is 248 g/mol. The Morgan fingerprint density at radius 3 is 2.78 bits per heavy atom. The molecule has 0 amide bonds. The number of rotatable bonds is 3. The minimum atomic E-state index is -0.773. The van der Waals surface area contributed by atoms with E-state index < -0.39 is 5.97 Å². The molecule has 0 saturated carbocycles. The molecule has 4 heteroatoms. The highest BCUT2D eigenvalue weighted by Crippen LogP contribution is 2.32. The number of carboxylic acids is 1. The molecule has 1 aromatic carbocycles. The van der Waals surface area contributed by atoms with E-state index in [-0.39, 0.29) is 6.54 Å². The number of fused-ring (bicyclic) bond motifs is 1. The van der Waals surface area contributed by atoms with E-state index in [9.17, 15) is 4.79 Å². The summed E-state index contributed by atoms with van der Waals surface area (Å²) in [5.41, 5.74) is 3.47. The van der Waals surface area contributed by atoms with Gasteiger partial charge in [0.2, 0.25) is 0 Å². The molecule has 0 saturated heterocycles. The Bertz CT molecular complexity index is 445. The fourth-order valence-electron chi connectivity index (χ4n) is 2.43. The fraction of sp³-hybridized carbons (Fsp3) is 0.500. The summed E-state index contributed by atoms with van der Waals surface area (Å²) in [6.45, 7) is 3.98. The van der Waals surface area contributed by atoms with Crippen molar-refractivity contribution in [2.24, 2.45) is 0 Å². The van der Waals surface area contributed by atoms with Gasteiger partial charge in [0, 0.05) is 20.1 Å². The van der Waals surface area contributed by atoms with Crippen molar-refractivity contribution < 1.29 is 9.90 Å². The second-order valence-corrected chi connectivity index (χ2v) is 4.77. The normalized spacial score (nSPS) is 15.2. The van der Waals surface area contributed by atoms with Crippen LogP contribution in [0.4, 0.5) is 11.4 Å². The zero-order valence-corrected chi connectivity index (χ0v) is 11.0. The molecule has 0 bridgehead atoms. The second kappa shape index (κ2) is 5.29. The third-order valence-corrected chi connectivity index (χ3v) is 3.45. The van der Waals surface area contributed by atoms with E-state index in [1.165, 1.54) is 5.56 Å². The third-order valence-electron chi connectivity index (χ3n) is 3.45. The second-order valence-electron chi connectivity index (χ2n) is 4.77. The maximum absolute atomic E-state index is 10.9. The molecule has 0 aliphatic carbocycles. The van der Waals surface area contributed by atoms with Crippen molar-refractivity contribution in [2.75, 3.05) is 36.5 Å². The van der Waals surface area contributed by atoms with Gasteiger partial charge in [0.05, 0.1) is 11.4 Å². The molecule has 18 heavy (non-hydrogen) atoms. The van der Waals surface area contributed by atoms with Gasteiger partial charge < -0.3 is 14.9 Å². The van der Waals surface area contributed by atoms with Gasteiger partial charge in [0.1, 0.15) is 6.54 Å². The number of carboxylic acid groups (broad SMARTS) is 1. The van der Waals surface area contributed by atoms with E-state index in [4.69, 9.17) is 5.11 Å². The monoisotopic (exact) mass is 248 g/mol. The van der Waals surface area contributed by atoms with Crippen molar-refractivity contribution in [3.63, 3.8) is 0 Å². The van der Waals surface area contributed by atoms with E-state index in [0.717, 1.165) is 37.3 Å². The molecule has 1 aliphatic heterocycles. The van der Waals surface area contributed by atoms with Crippen molar-refractivity contribution in [1.29, 1.82) is 0 Å². The molecule has 0 atom stereocenters. The van der Waals surface area contributed by atoms with Crippen LogP contribution in [0.15, 0.2) is 18.2 Å². The first kappa shape index (κ1) is 12.7. The summed E-state index contributed by atoms with van der Waals surface area (Å²) >= 11 is 0. The minimum Gasteiger partial charge on any atom is -0.480 e. The van der Waals surface area contributed by atoms with Gasteiger partial charge in [-0.15, -0.1) is 0 Å². The minimum absolute atomic E-state index is 0.0757. The highest BCUT2D eigenvalue weighted by atomic mass is 16.4. The quantitative estimate of drug-likeness (QED) is 0.888. The van der Waals surface area contributed by atoms with Gasteiger partial charge in [-0.2, -0.15) is 0 Å². The van der Waals surface area contributed by atoms with Crippen LogP contribution in [0.5, 0.6) is 0 Å². The Morgan fingerprint density at radius 1 is 1.33 bits per heavy atom. The van der Waals surface area contributed by atoms with Crippen LogP contribution in [0.3, 0.4) is 0 Å². The van der Waals surface area contributed by atoms with Crippen LogP contribution in [0, 0.1) is 0 Å². The van der Waals surface area contributed by atoms with Crippen LogP contribution < -0.4 is 9.80 Å². The number of aryl methyl sites for hydroxylation is 1. The molecule has 98 valence electrons. The van der Waals surface area contributed by atoms with Gasteiger partial charge in [-0.1, -0.05) is 13.0 Å². The zero-order valence-electron chi connectivity index (χ0n) is 11.0. The molecular formula is C14H20N2O2. The Kier molecular flexibility index (Phi) is 3.75. The largest absolute Gasteiger partial charge is 0.480 e. The number of aliphatic carboxylic acids is 1. The molecule has 0 fully saturated rings. The molecule has 1 aromatic rings. The van der Waals surface area contributed by atoms with Gasteiger partial charge in [-0.3, -0.25) is 4.79 Å². The summed E-state index contributed by atoms with van der Waals surface area (Å²) in [5.74, 6) is -0.773. The predicted octanol–water partition coefficient (Wildman–Crippen LogP) is 1.98. The Morgan fingerprint density at radius 2 is 2.11 bits per heavy atom. The molecule has 1 heterocycles. The van der Waals surface area contributed by atoms with E-state index in [2.05, 4.69) is 37.1 Å². The standard InChI is InChI=1S/C14H20N2O2/c1-3-11-5-6-12-13(9-11)15(2)7-4-8-16(12)10-14(17)18/h5-6,9H,3-4,7-8,10H2,1-2H3,(H,17,18). The molecule has 2 rings (SSSR count). The number of hydrogen-bond acceptors (Lipinski definition) is 3. The summed E-state index contributed by atoms with van der Waals surface area (Å²) in [5, 5.41) is 8.99. The Balaban J connectivity index is 2.39. The molecule has 0 unspecified atom stereocenters.